The molecule has 1 heterocycles. The summed E-state index contributed by atoms with van der Waals surface area (Å²) in [6, 6.07) is 4.93. The highest BCUT2D eigenvalue weighted by Crippen LogP contribution is 2.30. The van der Waals surface area contributed by atoms with Crippen molar-refractivity contribution in [2.75, 3.05) is 0 Å². The molecule has 1 aliphatic carbocycles. The zero-order valence-corrected chi connectivity index (χ0v) is 10.6. The molecule has 3 rings (SSSR count). The molecule has 1 aliphatic rings. The van der Waals surface area contributed by atoms with Gasteiger partial charge in [0.15, 0.2) is 0 Å². The van der Waals surface area contributed by atoms with Gasteiger partial charge in [-0.25, -0.2) is 9.59 Å². The Hall–Kier alpha value is -2.04. The van der Waals surface area contributed by atoms with Crippen LogP contribution in [0.2, 0.25) is 0 Å². The summed E-state index contributed by atoms with van der Waals surface area (Å²) in [6.07, 6.45) is 4.67. The third kappa shape index (κ3) is 2.05. The Bertz CT molecular complexity index is 680. The first-order valence-electron chi connectivity index (χ1n) is 6.61. The van der Waals surface area contributed by atoms with Crippen molar-refractivity contribution >= 4 is 17.0 Å². The number of carboxylic acid groups (broad SMARTS) is 1. The fraction of sp³-hybridized carbons (Fsp3) is 0.429. The largest absolute Gasteiger partial charge is 0.478 e. The number of para-hydroxylation sites is 1. The lowest BCUT2D eigenvalue weighted by molar-refractivity contribution is 0.0698. The number of aromatic nitrogens is 2. The number of benzene rings is 1. The fourth-order valence-electron chi connectivity index (χ4n) is 2.70. The molecule has 19 heavy (non-hydrogen) atoms. The van der Waals surface area contributed by atoms with E-state index in [1.165, 1.54) is 25.3 Å². The smallest absolute Gasteiger partial charge is 0.337 e. The van der Waals surface area contributed by atoms with Crippen molar-refractivity contribution in [2.45, 2.75) is 32.2 Å². The molecule has 0 saturated heterocycles. The van der Waals surface area contributed by atoms with Crippen LogP contribution >= 0.6 is 0 Å². The van der Waals surface area contributed by atoms with Gasteiger partial charge in [0.1, 0.15) is 0 Å². The molecule has 1 fully saturated rings. The van der Waals surface area contributed by atoms with Crippen molar-refractivity contribution in [3.63, 3.8) is 0 Å². The van der Waals surface area contributed by atoms with Gasteiger partial charge in [-0.15, -0.1) is 0 Å². The van der Waals surface area contributed by atoms with E-state index in [2.05, 4.69) is 4.98 Å². The van der Waals surface area contributed by atoms with Gasteiger partial charge in [0.25, 0.3) is 0 Å². The molecule has 0 aliphatic heterocycles. The molecule has 2 N–H and O–H groups in total. The molecule has 0 radical (unpaired) electrons. The summed E-state index contributed by atoms with van der Waals surface area (Å²) in [5, 5.41) is 9.22. The highest BCUT2D eigenvalue weighted by Gasteiger charge is 2.19. The minimum atomic E-state index is -0.998. The standard InChI is InChI=1S/C14H16N2O3/c17-13(18)10-5-2-6-11-12(10)16(14(19)15-11)8-7-9-3-1-4-9/h2,5-6,9H,1,3-4,7-8H2,(H,15,19)(H,17,18). The number of carboxylic acids is 1. The van der Waals surface area contributed by atoms with Crippen molar-refractivity contribution < 1.29 is 9.90 Å². The number of imidazole rings is 1. The Kier molecular flexibility index (Phi) is 2.89. The first-order chi connectivity index (χ1) is 9.16. The second kappa shape index (κ2) is 4.57. The van der Waals surface area contributed by atoms with E-state index in [-0.39, 0.29) is 11.3 Å². The van der Waals surface area contributed by atoms with Crippen LogP contribution in [0, 0.1) is 5.92 Å². The SMILES string of the molecule is O=C(O)c1cccc2[nH]c(=O)n(CCC3CCC3)c12. The fourth-order valence-corrected chi connectivity index (χ4v) is 2.70. The second-order valence-corrected chi connectivity index (χ2v) is 5.17. The van der Waals surface area contributed by atoms with Crippen molar-refractivity contribution in [3.8, 4) is 0 Å². The van der Waals surface area contributed by atoms with Crippen LogP contribution in [0.1, 0.15) is 36.0 Å². The summed E-state index contributed by atoms with van der Waals surface area (Å²) in [5.41, 5.74) is 1.07. The minimum absolute atomic E-state index is 0.185. The average Bonchev–Trinajstić information content (AvgIpc) is 2.63. The van der Waals surface area contributed by atoms with Crippen LogP contribution in [-0.4, -0.2) is 20.6 Å². The van der Waals surface area contributed by atoms with Gasteiger partial charge in [0.2, 0.25) is 0 Å². The van der Waals surface area contributed by atoms with E-state index in [9.17, 15) is 14.7 Å². The molecule has 1 aromatic carbocycles. The lowest BCUT2D eigenvalue weighted by atomic mass is 9.83. The topological polar surface area (TPSA) is 75.1 Å². The van der Waals surface area contributed by atoms with Crippen molar-refractivity contribution in [2.24, 2.45) is 5.92 Å². The van der Waals surface area contributed by atoms with Crippen LogP contribution in [-0.2, 0) is 6.54 Å². The van der Waals surface area contributed by atoms with Crippen LogP contribution in [0.4, 0.5) is 0 Å². The van der Waals surface area contributed by atoms with E-state index in [1.54, 1.807) is 16.7 Å². The summed E-state index contributed by atoms with van der Waals surface area (Å²) < 4.78 is 1.57. The quantitative estimate of drug-likeness (QED) is 0.885. The number of rotatable bonds is 4. The lowest BCUT2D eigenvalue weighted by Gasteiger charge is -2.25. The third-order valence-electron chi connectivity index (χ3n) is 4.01. The minimum Gasteiger partial charge on any atom is -0.478 e. The third-order valence-corrected chi connectivity index (χ3v) is 4.01. The van der Waals surface area contributed by atoms with E-state index < -0.39 is 5.97 Å². The first kappa shape index (κ1) is 12.0. The predicted molar refractivity (Wildman–Crippen MR) is 71.5 cm³/mol. The van der Waals surface area contributed by atoms with E-state index in [1.807, 2.05) is 0 Å². The monoisotopic (exact) mass is 260 g/mol. The molecular formula is C14H16N2O3. The Morgan fingerprint density at radius 3 is 2.84 bits per heavy atom. The van der Waals surface area contributed by atoms with Gasteiger partial charge in [-0.05, 0) is 24.5 Å². The number of aryl methyl sites for hydroxylation is 1. The van der Waals surface area contributed by atoms with E-state index in [0.717, 1.165) is 6.42 Å². The number of carbonyl (C=O) groups is 1. The summed E-state index contributed by atoms with van der Waals surface area (Å²) in [5.74, 6) is -0.309. The number of fused-ring (bicyclic) bond motifs is 1. The van der Waals surface area contributed by atoms with Gasteiger partial charge < -0.3 is 10.1 Å². The Labute approximate surface area is 109 Å². The Balaban J connectivity index is 2.03. The zero-order chi connectivity index (χ0) is 13.4. The maximum absolute atomic E-state index is 11.9. The highest BCUT2D eigenvalue weighted by atomic mass is 16.4. The van der Waals surface area contributed by atoms with Crippen molar-refractivity contribution in [1.29, 1.82) is 0 Å². The molecule has 100 valence electrons. The average molecular weight is 260 g/mol. The molecule has 0 atom stereocenters. The van der Waals surface area contributed by atoms with E-state index >= 15 is 0 Å². The molecule has 1 aromatic heterocycles. The van der Waals surface area contributed by atoms with Crippen LogP contribution in [0.5, 0.6) is 0 Å². The van der Waals surface area contributed by atoms with Gasteiger partial charge in [-0.2, -0.15) is 0 Å². The number of hydrogen-bond donors (Lipinski definition) is 2. The molecule has 0 amide bonds. The van der Waals surface area contributed by atoms with Crippen LogP contribution < -0.4 is 5.69 Å². The number of H-pyrrole nitrogens is 1. The Morgan fingerprint density at radius 2 is 2.21 bits per heavy atom. The van der Waals surface area contributed by atoms with E-state index in [0.29, 0.717) is 23.5 Å². The summed E-state index contributed by atoms with van der Waals surface area (Å²) >= 11 is 0. The normalized spacial score (nSPS) is 15.6. The molecule has 0 bridgehead atoms. The van der Waals surface area contributed by atoms with Gasteiger partial charge in [0.05, 0.1) is 16.6 Å². The van der Waals surface area contributed by atoms with Crippen molar-refractivity contribution in [1.82, 2.24) is 9.55 Å². The molecule has 5 heteroatoms. The van der Waals surface area contributed by atoms with Crippen LogP contribution in [0.15, 0.2) is 23.0 Å². The second-order valence-electron chi connectivity index (χ2n) is 5.17. The molecule has 2 aromatic rings. The number of nitrogens with zero attached hydrogens (tertiary/aromatic N) is 1. The maximum atomic E-state index is 11.9. The number of aromatic carboxylic acids is 1. The van der Waals surface area contributed by atoms with Crippen LogP contribution in [0.25, 0.3) is 11.0 Å². The molecule has 0 unspecified atom stereocenters. The molecule has 1 saturated carbocycles. The summed E-state index contributed by atoms with van der Waals surface area (Å²) in [6.45, 7) is 0.591. The number of nitrogens with one attached hydrogen (secondary N) is 1. The zero-order valence-electron chi connectivity index (χ0n) is 10.6. The summed E-state index contributed by atoms with van der Waals surface area (Å²) in [4.78, 5) is 25.9. The molecule has 0 spiro atoms. The highest BCUT2D eigenvalue weighted by molar-refractivity contribution is 6.01. The first-order valence-corrected chi connectivity index (χ1v) is 6.61. The molecular weight excluding hydrogens is 244 g/mol. The van der Waals surface area contributed by atoms with Gasteiger partial charge in [-0.3, -0.25) is 4.57 Å². The van der Waals surface area contributed by atoms with Crippen molar-refractivity contribution in [3.05, 3.63) is 34.2 Å². The van der Waals surface area contributed by atoms with Gasteiger partial charge in [-0.1, -0.05) is 25.3 Å². The van der Waals surface area contributed by atoms with Gasteiger partial charge in [0, 0.05) is 6.54 Å². The van der Waals surface area contributed by atoms with Crippen LogP contribution in [0.3, 0.4) is 0 Å². The predicted octanol–water partition coefficient (Wildman–Crippen LogP) is 2.22. The molecule has 5 nitrogen and oxygen atoms in total. The van der Waals surface area contributed by atoms with E-state index in [4.69, 9.17) is 0 Å². The Morgan fingerprint density at radius 1 is 1.42 bits per heavy atom. The lowest BCUT2D eigenvalue weighted by Crippen LogP contribution is -2.21. The number of aromatic amines is 1. The van der Waals surface area contributed by atoms with Gasteiger partial charge >= 0.3 is 11.7 Å². The number of hydrogen-bond acceptors (Lipinski definition) is 2. The maximum Gasteiger partial charge on any atom is 0.337 e. The summed E-state index contributed by atoms with van der Waals surface area (Å²) in [7, 11) is 0.